The third kappa shape index (κ3) is 3.93. The zero-order valence-corrected chi connectivity index (χ0v) is 11.5. The summed E-state index contributed by atoms with van der Waals surface area (Å²) < 4.78 is 5.32. The molecule has 1 amide bonds. The van der Waals surface area contributed by atoms with E-state index >= 15 is 0 Å². The van der Waals surface area contributed by atoms with E-state index in [0.29, 0.717) is 25.4 Å². The molecule has 1 aromatic carbocycles. The summed E-state index contributed by atoms with van der Waals surface area (Å²) in [6.45, 7) is 3.30. The van der Waals surface area contributed by atoms with Crippen LogP contribution in [-0.4, -0.2) is 59.5 Å². The summed E-state index contributed by atoms with van der Waals surface area (Å²) in [7, 11) is 0. The fourth-order valence-corrected chi connectivity index (χ4v) is 2.18. The molecule has 2 atom stereocenters. The van der Waals surface area contributed by atoms with Gasteiger partial charge in [-0.25, -0.2) is 0 Å². The molecule has 0 saturated carbocycles. The molecule has 0 radical (unpaired) electrons. The Labute approximate surface area is 118 Å². The standard InChI is InChI=1S/C14H20N2O4/c1-2-20-11-5-3-10(4-6-11)15-14(19)9-16-7-12(17)13(18)8-16/h3-6,12-13,17-18H,2,7-9H2,1H3,(H,15,19). The molecular weight excluding hydrogens is 260 g/mol. The molecule has 2 rings (SSSR count). The number of nitrogens with one attached hydrogen (secondary N) is 1. The summed E-state index contributed by atoms with van der Waals surface area (Å²) >= 11 is 0. The third-order valence-electron chi connectivity index (χ3n) is 3.15. The van der Waals surface area contributed by atoms with Crippen molar-refractivity contribution in [2.24, 2.45) is 0 Å². The molecule has 1 aromatic rings. The molecule has 0 spiro atoms. The molecule has 1 aliphatic rings. The summed E-state index contributed by atoms with van der Waals surface area (Å²) in [5.41, 5.74) is 0.693. The van der Waals surface area contributed by atoms with Crippen molar-refractivity contribution in [2.45, 2.75) is 19.1 Å². The Bertz CT molecular complexity index is 439. The Kier molecular flexibility index (Phi) is 4.94. The van der Waals surface area contributed by atoms with Gasteiger partial charge in [0.25, 0.3) is 0 Å². The van der Waals surface area contributed by atoms with Gasteiger partial charge in [-0.1, -0.05) is 0 Å². The number of nitrogens with zero attached hydrogens (tertiary/aromatic N) is 1. The SMILES string of the molecule is CCOc1ccc(NC(=O)CN2CC(O)C(O)C2)cc1. The lowest BCUT2D eigenvalue weighted by Gasteiger charge is -2.14. The van der Waals surface area contributed by atoms with Gasteiger partial charge in [0.05, 0.1) is 25.4 Å². The molecule has 3 N–H and O–H groups in total. The van der Waals surface area contributed by atoms with Crippen LogP contribution in [0.5, 0.6) is 5.75 Å². The Morgan fingerprint density at radius 3 is 2.45 bits per heavy atom. The highest BCUT2D eigenvalue weighted by Gasteiger charge is 2.30. The fourth-order valence-electron chi connectivity index (χ4n) is 2.18. The second kappa shape index (κ2) is 6.69. The van der Waals surface area contributed by atoms with Gasteiger partial charge >= 0.3 is 0 Å². The van der Waals surface area contributed by atoms with Gasteiger partial charge in [-0.05, 0) is 31.2 Å². The largest absolute Gasteiger partial charge is 0.494 e. The van der Waals surface area contributed by atoms with Gasteiger partial charge in [-0.2, -0.15) is 0 Å². The number of benzene rings is 1. The zero-order chi connectivity index (χ0) is 14.5. The molecule has 1 saturated heterocycles. The maximum Gasteiger partial charge on any atom is 0.238 e. The first-order chi connectivity index (χ1) is 9.58. The molecule has 2 unspecified atom stereocenters. The van der Waals surface area contributed by atoms with E-state index in [2.05, 4.69) is 5.32 Å². The average molecular weight is 280 g/mol. The quantitative estimate of drug-likeness (QED) is 0.710. The Hall–Kier alpha value is -1.63. The van der Waals surface area contributed by atoms with Crippen LogP contribution >= 0.6 is 0 Å². The maximum atomic E-state index is 11.8. The molecule has 6 nitrogen and oxygen atoms in total. The van der Waals surface area contributed by atoms with E-state index < -0.39 is 12.2 Å². The number of amides is 1. The number of aliphatic hydroxyl groups is 2. The van der Waals surface area contributed by atoms with E-state index in [1.807, 2.05) is 6.92 Å². The molecule has 0 aliphatic carbocycles. The topological polar surface area (TPSA) is 82.0 Å². The number of ether oxygens (including phenoxy) is 1. The van der Waals surface area contributed by atoms with E-state index in [0.717, 1.165) is 5.75 Å². The number of hydrogen-bond donors (Lipinski definition) is 3. The third-order valence-corrected chi connectivity index (χ3v) is 3.15. The molecule has 6 heteroatoms. The van der Waals surface area contributed by atoms with E-state index in [9.17, 15) is 15.0 Å². The number of hydrogen-bond acceptors (Lipinski definition) is 5. The van der Waals surface area contributed by atoms with Crippen LogP contribution in [0.1, 0.15) is 6.92 Å². The van der Waals surface area contributed by atoms with Crippen LogP contribution in [0.25, 0.3) is 0 Å². The van der Waals surface area contributed by atoms with Gasteiger partial charge in [0.2, 0.25) is 5.91 Å². The predicted molar refractivity (Wildman–Crippen MR) is 74.7 cm³/mol. The van der Waals surface area contributed by atoms with Crippen LogP contribution in [0, 0.1) is 0 Å². The number of anilines is 1. The summed E-state index contributed by atoms with van der Waals surface area (Å²) in [5.74, 6) is 0.590. The first kappa shape index (κ1) is 14.8. The van der Waals surface area contributed by atoms with Crippen LogP contribution in [0.3, 0.4) is 0 Å². The molecule has 20 heavy (non-hydrogen) atoms. The van der Waals surface area contributed by atoms with Gasteiger partial charge in [0.15, 0.2) is 0 Å². The van der Waals surface area contributed by atoms with Crippen molar-refractivity contribution in [1.29, 1.82) is 0 Å². The van der Waals surface area contributed by atoms with E-state index in [4.69, 9.17) is 4.74 Å². The van der Waals surface area contributed by atoms with E-state index in [1.54, 1.807) is 29.2 Å². The maximum absolute atomic E-state index is 11.8. The molecule has 0 aromatic heterocycles. The Morgan fingerprint density at radius 2 is 1.90 bits per heavy atom. The number of aliphatic hydroxyl groups excluding tert-OH is 2. The van der Waals surface area contributed by atoms with Crippen LogP contribution in [0.2, 0.25) is 0 Å². The minimum atomic E-state index is -0.770. The van der Waals surface area contributed by atoms with Gasteiger partial charge in [0.1, 0.15) is 5.75 Å². The van der Waals surface area contributed by atoms with Crippen molar-refractivity contribution in [3.05, 3.63) is 24.3 Å². The second-order valence-electron chi connectivity index (χ2n) is 4.83. The van der Waals surface area contributed by atoms with Crippen LogP contribution in [0.4, 0.5) is 5.69 Å². The van der Waals surface area contributed by atoms with Crippen LogP contribution in [0.15, 0.2) is 24.3 Å². The summed E-state index contributed by atoms with van der Waals surface area (Å²) in [6.07, 6.45) is -1.54. The monoisotopic (exact) mass is 280 g/mol. The summed E-state index contributed by atoms with van der Waals surface area (Å²) in [6, 6.07) is 7.14. The van der Waals surface area contributed by atoms with E-state index in [1.165, 1.54) is 0 Å². The lowest BCUT2D eigenvalue weighted by atomic mass is 10.3. The highest BCUT2D eigenvalue weighted by Crippen LogP contribution is 2.16. The fraction of sp³-hybridized carbons (Fsp3) is 0.500. The second-order valence-corrected chi connectivity index (χ2v) is 4.83. The smallest absolute Gasteiger partial charge is 0.238 e. The van der Waals surface area contributed by atoms with Crippen molar-refractivity contribution in [3.63, 3.8) is 0 Å². The van der Waals surface area contributed by atoms with Gasteiger partial charge < -0.3 is 20.3 Å². The van der Waals surface area contributed by atoms with Gasteiger partial charge in [-0.15, -0.1) is 0 Å². The number of carbonyl (C=O) groups excluding carboxylic acids is 1. The molecule has 1 heterocycles. The Morgan fingerprint density at radius 1 is 1.30 bits per heavy atom. The van der Waals surface area contributed by atoms with E-state index in [-0.39, 0.29) is 12.5 Å². The average Bonchev–Trinajstić information content (AvgIpc) is 2.71. The van der Waals surface area contributed by atoms with Crippen molar-refractivity contribution < 1.29 is 19.7 Å². The molecule has 1 aliphatic heterocycles. The van der Waals surface area contributed by atoms with Gasteiger partial charge in [0, 0.05) is 18.8 Å². The minimum absolute atomic E-state index is 0.154. The Balaban J connectivity index is 1.82. The highest BCUT2D eigenvalue weighted by atomic mass is 16.5. The molecule has 1 fully saturated rings. The molecule has 0 bridgehead atoms. The number of likely N-dealkylation sites (tertiary alicyclic amines) is 1. The van der Waals surface area contributed by atoms with Crippen LogP contribution in [-0.2, 0) is 4.79 Å². The number of carbonyl (C=O) groups is 1. The predicted octanol–water partition coefficient (Wildman–Crippen LogP) is 0.0612. The minimum Gasteiger partial charge on any atom is -0.494 e. The van der Waals surface area contributed by atoms with Crippen molar-refractivity contribution in [2.75, 3.05) is 31.6 Å². The first-order valence-corrected chi connectivity index (χ1v) is 6.69. The summed E-state index contributed by atoms with van der Waals surface area (Å²) in [4.78, 5) is 13.6. The highest BCUT2D eigenvalue weighted by molar-refractivity contribution is 5.92. The summed E-state index contributed by atoms with van der Waals surface area (Å²) in [5, 5.41) is 21.6. The lowest BCUT2D eigenvalue weighted by molar-refractivity contribution is -0.117. The first-order valence-electron chi connectivity index (χ1n) is 6.69. The number of β-amino-alcohol motifs (C(OH)–C–C–N with tert-alkyl or cyclic N) is 2. The zero-order valence-electron chi connectivity index (χ0n) is 11.5. The van der Waals surface area contributed by atoms with Crippen molar-refractivity contribution >= 4 is 11.6 Å². The van der Waals surface area contributed by atoms with Crippen molar-refractivity contribution in [1.82, 2.24) is 4.90 Å². The van der Waals surface area contributed by atoms with Gasteiger partial charge in [-0.3, -0.25) is 9.69 Å². The molecular formula is C14H20N2O4. The molecule has 110 valence electrons. The normalized spacial score (nSPS) is 22.8. The number of rotatable bonds is 5. The van der Waals surface area contributed by atoms with Crippen LogP contribution < -0.4 is 10.1 Å². The lowest BCUT2D eigenvalue weighted by Crippen LogP contribution is -2.32. The van der Waals surface area contributed by atoms with Crippen molar-refractivity contribution in [3.8, 4) is 5.75 Å².